The third-order valence-corrected chi connectivity index (χ3v) is 4.31. The van der Waals surface area contributed by atoms with E-state index in [0.29, 0.717) is 13.0 Å². The quantitative estimate of drug-likeness (QED) is 0.417. The van der Waals surface area contributed by atoms with E-state index in [0.717, 1.165) is 22.0 Å². The van der Waals surface area contributed by atoms with Crippen LogP contribution in [0.25, 0.3) is 10.9 Å². The summed E-state index contributed by atoms with van der Waals surface area (Å²) in [4.78, 5) is 22.0. The van der Waals surface area contributed by atoms with Gasteiger partial charge in [0.25, 0.3) is 5.69 Å². The molecular weight excluding hydrogens is 334 g/mol. The number of fused-ring (bicyclic) bond motifs is 1. The maximum Gasteiger partial charge on any atom is 0.322 e. The Labute approximate surface area is 150 Å². The third kappa shape index (κ3) is 3.57. The van der Waals surface area contributed by atoms with Crippen LogP contribution in [0.1, 0.15) is 11.1 Å². The summed E-state index contributed by atoms with van der Waals surface area (Å²) >= 11 is 0. The van der Waals surface area contributed by atoms with Crippen molar-refractivity contribution in [1.29, 1.82) is 0 Å². The lowest BCUT2D eigenvalue weighted by Crippen LogP contribution is -2.33. The molecule has 0 saturated carbocycles. The number of hydrogen-bond acceptors (Lipinski definition) is 5. The van der Waals surface area contributed by atoms with Crippen molar-refractivity contribution in [2.24, 2.45) is 5.73 Å². The fraction of sp³-hybridized carbons (Fsp3) is 0.211. The number of methoxy groups -OCH3 is 1. The number of nitrogens with zero attached hydrogens (tertiary/aromatic N) is 2. The highest BCUT2D eigenvalue weighted by Gasteiger charge is 2.18. The van der Waals surface area contributed by atoms with E-state index < -0.39 is 16.9 Å². The number of para-hydroxylation sites is 1. The SMILES string of the molecule is COC(=O)C(N)Cc1cn(Cc2ccc([N+](=O)[O-])cc2)c2ccccc12. The molecular formula is C19H19N3O4. The molecule has 2 aromatic carbocycles. The molecule has 0 fully saturated rings. The third-order valence-electron chi connectivity index (χ3n) is 4.31. The number of benzene rings is 2. The monoisotopic (exact) mass is 353 g/mol. The van der Waals surface area contributed by atoms with E-state index in [1.54, 1.807) is 12.1 Å². The largest absolute Gasteiger partial charge is 0.468 e. The maximum absolute atomic E-state index is 11.6. The minimum atomic E-state index is -0.723. The zero-order valence-corrected chi connectivity index (χ0v) is 14.3. The highest BCUT2D eigenvalue weighted by Crippen LogP contribution is 2.24. The molecule has 0 radical (unpaired) electrons. The fourth-order valence-electron chi connectivity index (χ4n) is 3.01. The van der Waals surface area contributed by atoms with Crippen LogP contribution in [0.3, 0.4) is 0 Å². The molecule has 1 atom stereocenters. The Balaban J connectivity index is 1.91. The van der Waals surface area contributed by atoms with E-state index in [9.17, 15) is 14.9 Å². The lowest BCUT2D eigenvalue weighted by molar-refractivity contribution is -0.384. The van der Waals surface area contributed by atoms with E-state index in [4.69, 9.17) is 10.5 Å². The Morgan fingerprint density at radius 2 is 1.92 bits per heavy atom. The summed E-state index contributed by atoms with van der Waals surface area (Å²) in [5.74, 6) is -0.447. The average molecular weight is 353 g/mol. The van der Waals surface area contributed by atoms with Crippen molar-refractivity contribution in [2.45, 2.75) is 19.0 Å². The number of ether oxygens (including phenoxy) is 1. The molecule has 1 heterocycles. The van der Waals surface area contributed by atoms with Crippen molar-refractivity contribution in [1.82, 2.24) is 4.57 Å². The molecule has 0 aliphatic carbocycles. The summed E-state index contributed by atoms with van der Waals surface area (Å²) in [5.41, 5.74) is 8.89. The van der Waals surface area contributed by atoms with Gasteiger partial charge in [0.1, 0.15) is 6.04 Å². The van der Waals surface area contributed by atoms with Crippen LogP contribution in [-0.4, -0.2) is 28.6 Å². The van der Waals surface area contributed by atoms with E-state index in [-0.39, 0.29) is 5.69 Å². The standard InChI is InChI=1S/C19H19N3O4/c1-26-19(23)17(20)10-14-12-21(18-5-3-2-4-16(14)18)11-13-6-8-15(9-7-13)22(24)25/h2-9,12,17H,10-11,20H2,1H3. The van der Waals surface area contributed by atoms with Crippen molar-refractivity contribution in [3.63, 3.8) is 0 Å². The minimum absolute atomic E-state index is 0.0656. The number of carbonyl (C=O) groups is 1. The van der Waals surface area contributed by atoms with Crippen molar-refractivity contribution < 1.29 is 14.5 Å². The number of rotatable bonds is 6. The second kappa shape index (κ2) is 7.37. The molecule has 134 valence electrons. The van der Waals surface area contributed by atoms with Crippen LogP contribution in [0.5, 0.6) is 0 Å². The second-order valence-corrected chi connectivity index (χ2v) is 6.06. The topological polar surface area (TPSA) is 100 Å². The first-order valence-electron chi connectivity index (χ1n) is 8.13. The first-order chi connectivity index (χ1) is 12.5. The maximum atomic E-state index is 11.6. The summed E-state index contributed by atoms with van der Waals surface area (Å²) in [6.45, 7) is 0.561. The Morgan fingerprint density at radius 3 is 2.58 bits per heavy atom. The minimum Gasteiger partial charge on any atom is -0.468 e. The smallest absolute Gasteiger partial charge is 0.322 e. The Kier molecular flexibility index (Phi) is 4.99. The van der Waals surface area contributed by atoms with Gasteiger partial charge in [0.2, 0.25) is 0 Å². The molecule has 7 heteroatoms. The molecule has 0 saturated heterocycles. The molecule has 0 bridgehead atoms. The molecule has 7 nitrogen and oxygen atoms in total. The molecule has 0 aliphatic heterocycles. The molecule has 1 unspecified atom stereocenters. The molecule has 3 aromatic rings. The summed E-state index contributed by atoms with van der Waals surface area (Å²) in [7, 11) is 1.32. The van der Waals surface area contributed by atoms with Crippen LogP contribution in [0.2, 0.25) is 0 Å². The van der Waals surface area contributed by atoms with Gasteiger partial charge in [-0.2, -0.15) is 0 Å². The van der Waals surface area contributed by atoms with Gasteiger partial charge in [-0.1, -0.05) is 30.3 Å². The first-order valence-corrected chi connectivity index (χ1v) is 8.13. The number of hydrogen-bond donors (Lipinski definition) is 1. The molecule has 26 heavy (non-hydrogen) atoms. The predicted molar refractivity (Wildman–Crippen MR) is 97.8 cm³/mol. The summed E-state index contributed by atoms with van der Waals surface area (Å²) in [6.07, 6.45) is 2.34. The molecule has 0 aliphatic rings. The van der Waals surface area contributed by atoms with Gasteiger partial charge >= 0.3 is 5.97 Å². The van der Waals surface area contributed by atoms with Gasteiger partial charge in [0.05, 0.1) is 12.0 Å². The van der Waals surface area contributed by atoms with Gasteiger partial charge in [-0.05, 0) is 17.2 Å². The highest BCUT2D eigenvalue weighted by molar-refractivity contribution is 5.85. The summed E-state index contributed by atoms with van der Waals surface area (Å²) in [6, 6.07) is 13.6. The van der Waals surface area contributed by atoms with Crippen molar-refractivity contribution in [2.75, 3.05) is 7.11 Å². The molecule has 0 spiro atoms. The number of non-ortho nitro benzene ring substituents is 1. The molecule has 3 rings (SSSR count). The van der Waals surface area contributed by atoms with Gasteiger partial charge < -0.3 is 15.0 Å². The lowest BCUT2D eigenvalue weighted by atomic mass is 10.1. The summed E-state index contributed by atoms with van der Waals surface area (Å²) in [5, 5.41) is 11.8. The van der Waals surface area contributed by atoms with Gasteiger partial charge in [-0.3, -0.25) is 14.9 Å². The number of carbonyl (C=O) groups excluding carboxylic acids is 1. The van der Waals surface area contributed by atoms with Gasteiger partial charge in [0.15, 0.2) is 0 Å². The van der Waals surface area contributed by atoms with Crippen LogP contribution in [0, 0.1) is 10.1 Å². The highest BCUT2D eigenvalue weighted by atomic mass is 16.6. The summed E-state index contributed by atoms with van der Waals surface area (Å²) < 4.78 is 6.75. The number of aromatic nitrogens is 1. The van der Waals surface area contributed by atoms with Crippen LogP contribution in [-0.2, 0) is 22.5 Å². The van der Waals surface area contributed by atoms with Crippen LogP contribution in [0.4, 0.5) is 5.69 Å². The molecule has 2 N–H and O–H groups in total. The van der Waals surface area contributed by atoms with Crippen LogP contribution >= 0.6 is 0 Å². The lowest BCUT2D eigenvalue weighted by Gasteiger charge is -2.08. The van der Waals surface area contributed by atoms with E-state index >= 15 is 0 Å². The Morgan fingerprint density at radius 1 is 1.23 bits per heavy atom. The number of nitro groups is 1. The number of esters is 1. The molecule has 0 amide bonds. The van der Waals surface area contributed by atoms with Crippen molar-refractivity contribution in [3.8, 4) is 0 Å². The Hall–Kier alpha value is -3.19. The van der Waals surface area contributed by atoms with Crippen LogP contribution < -0.4 is 5.73 Å². The zero-order chi connectivity index (χ0) is 18.7. The van der Waals surface area contributed by atoms with Crippen LogP contribution in [0.15, 0.2) is 54.7 Å². The zero-order valence-electron chi connectivity index (χ0n) is 14.3. The number of nitro benzene ring substituents is 1. The normalized spacial score (nSPS) is 12.1. The van der Waals surface area contributed by atoms with E-state index in [2.05, 4.69) is 4.57 Å². The fourth-order valence-corrected chi connectivity index (χ4v) is 3.01. The first kappa shape index (κ1) is 17.6. The van der Waals surface area contributed by atoms with E-state index in [1.165, 1.54) is 19.2 Å². The predicted octanol–water partition coefficient (Wildman–Crippen LogP) is 2.64. The van der Waals surface area contributed by atoms with Gasteiger partial charge in [0, 0.05) is 42.2 Å². The molecule has 1 aromatic heterocycles. The Bertz CT molecular complexity index is 947. The van der Waals surface area contributed by atoms with Crippen molar-refractivity contribution in [3.05, 3.63) is 76.0 Å². The van der Waals surface area contributed by atoms with Crippen molar-refractivity contribution >= 4 is 22.6 Å². The van der Waals surface area contributed by atoms with Gasteiger partial charge in [-0.25, -0.2) is 0 Å². The van der Waals surface area contributed by atoms with Gasteiger partial charge in [-0.15, -0.1) is 0 Å². The van der Waals surface area contributed by atoms with E-state index in [1.807, 2.05) is 30.5 Å². The number of nitrogens with two attached hydrogens (primary N) is 1. The second-order valence-electron chi connectivity index (χ2n) is 6.06. The average Bonchev–Trinajstić information content (AvgIpc) is 2.99.